The van der Waals surface area contributed by atoms with E-state index in [2.05, 4.69) is 10.3 Å². The van der Waals surface area contributed by atoms with Crippen LogP contribution in [0, 0.1) is 19.8 Å². The van der Waals surface area contributed by atoms with Crippen LogP contribution in [0.1, 0.15) is 41.6 Å². The summed E-state index contributed by atoms with van der Waals surface area (Å²) in [6.07, 6.45) is 0. The molecule has 0 aliphatic heterocycles. The lowest BCUT2D eigenvalue weighted by Gasteiger charge is -2.20. The van der Waals surface area contributed by atoms with Crippen molar-refractivity contribution in [2.75, 3.05) is 0 Å². The molecule has 2 rings (SSSR count). The molecule has 1 aromatic carbocycles. The average molecular weight is 365 g/mol. The SMILES string of the molecule is Cc1nc(COC(=O)[C@@H](NC(=O)c2ccccc2Cl)C(C)C)oc1C. The highest BCUT2D eigenvalue weighted by atomic mass is 35.5. The lowest BCUT2D eigenvalue weighted by Crippen LogP contribution is -2.45. The summed E-state index contributed by atoms with van der Waals surface area (Å²) in [6, 6.07) is 5.84. The van der Waals surface area contributed by atoms with Gasteiger partial charge >= 0.3 is 5.97 Å². The Labute approximate surface area is 151 Å². The fourth-order valence-corrected chi connectivity index (χ4v) is 2.41. The number of esters is 1. The summed E-state index contributed by atoms with van der Waals surface area (Å²) in [5.41, 5.74) is 1.06. The van der Waals surface area contributed by atoms with Crippen molar-refractivity contribution < 1.29 is 18.7 Å². The van der Waals surface area contributed by atoms with Gasteiger partial charge in [0, 0.05) is 0 Å². The summed E-state index contributed by atoms with van der Waals surface area (Å²) >= 11 is 6.02. The normalized spacial score (nSPS) is 12.1. The Balaban J connectivity index is 2.03. The van der Waals surface area contributed by atoms with Crippen LogP contribution in [0.25, 0.3) is 0 Å². The van der Waals surface area contributed by atoms with Gasteiger partial charge in [-0.1, -0.05) is 37.6 Å². The van der Waals surface area contributed by atoms with Gasteiger partial charge in [-0.3, -0.25) is 4.79 Å². The third-order valence-corrected chi connectivity index (χ3v) is 4.07. The fraction of sp³-hybridized carbons (Fsp3) is 0.389. The van der Waals surface area contributed by atoms with Crippen LogP contribution in [0.5, 0.6) is 0 Å². The van der Waals surface area contributed by atoms with Crippen molar-refractivity contribution in [2.24, 2.45) is 5.92 Å². The molecule has 0 bridgehead atoms. The van der Waals surface area contributed by atoms with E-state index in [9.17, 15) is 9.59 Å². The molecule has 0 aliphatic carbocycles. The quantitative estimate of drug-likeness (QED) is 0.794. The molecule has 6 nitrogen and oxygen atoms in total. The van der Waals surface area contributed by atoms with Gasteiger partial charge in [0.05, 0.1) is 16.3 Å². The maximum absolute atomic E-state index is 12.4. The molecule has 0 aliphatic rings. The van der Waals surface area contributed by atoms with Crippen LogP contribution in [0.2, 0.25) is 5.02 Å². The lowest BCUT2D eigenvalue weighted by atomic mass is 10.0. The second-order valence-corrected chi connectivity index (χ2v) is 6.44. The third-order valence-electron chi connectivity index (χ3n) is 3.74. The highest BCUT2D eigenvalue weighted by Crippen LogP contribution is 2.16. The number of rotatable bonds is 6. The number of hydrogen-bond donors (Lipinski definition) is 1. The van der Waals surface area contributed by atoms with Crippen LogP contribution in [0.4, 0.5) is 0 Å². The predicted molar refractivity (Wildman–Crippen MR) is 93.3 cm³/mol. The van der Waals surface area contributed by atoms with Crippen LogP contribution in [-0.4, -0.2) is 22.9 Å². The number of nitrogens with zero attached hydrogens (tertiary/aromatic N) is 1. The Morgan fingerprint density at radius 3 is 2.52 bits per heavy atom. The molecule has 25 heavy (non-hydrogen) atoms. The van der Waals surface area contributed by atoms with Gasteiger partial charge in [-0.15, -0.1) is 0 Å². The van der Waals surface area contributed by atoms with Crippen LogP contribution in [-0.2, 0) is 16.1 Å². The fourth-order valence-electron chi connectivity index (χ4n) is 2.19. The molecule has 0 fully saturated rings. The van der Waals surface area contributed by atoms with E-state index in [4.69, 9.17) is 20.8 Å². The molecule has 1 aromatic heterocycles. The van der Waals surface area contributed by atoms with E-state index >= 15 is 0 Å². The number of carbonyl (C=O) groups excluding carboxylic acids is 2. The molecule has 0 saturated carbocycles. The molecule has 7 heteroatoms. The van der Waals surface area contributed by atoms with Gasteiger partial charge < -0.3 is 14.5 Å². The van der Waals surface area contributed by atoms with Gasteiger partial charge in [0.1, 0.15) is 11.8 Å². The summed E-state index contributed by atoms with van der Waals surface area (Å²) in [4.78, 5) is 28.9. The smallest absolute Gasteiger partial charge is 0.329 e. The molecular formula is C18H21ClN2O4. The molecular weight excluding hydrogens is 344 g/mol. The van der Waals surface area contributed by atoms with Crippen molar-refractivity contribution in [2.45, 2.75) is 40.3 Å². The average Bonchev–Trinajstić information content (AvgIpc) is 2.88. The van der Waals surface area contributed by atoms with Gasteiger partial charge in [-0.05, 0) is 31.9 Å². The van der Waals surface area contributed by atoms with Crippen molar-refractivity contribution >= 4 is 23.5 Å². The monoisotopic (exact) mass is 364 g/mol. The van der Waals surface area contributed by atoms with Crippen molar-refractivity contribution in [3.63, 3.8) is 0 Å². The van der Waals surface area contributed by atoms with E-state index in [0.29, 0.717) is 22.2 Å². The van der Waals surface area contributed by atoms with Gasteiger partial charge in [0.25, 0.3) is 5.91 Å². The highest BCUT2D eigenvalue weighted by Gasteiger charge is 2.27. The standard InChI is InChI=1S/C18H21ClN2O4/c1-10(2)16(21-17(22)13-7-5-6-8-14(13)19)18(23)24-9-15-20-11(3)12(4)25-15/h5-8,10,16H,9H2,1-4H3,(H,21,22)/t16-/m0/s1. The maximum atomic E-state index is 12.4. The second-order valence-electron chi connectivity index (χ2n) is 6.03. The van der Waals surface area contributed by atoms with E-state index < -0.39 is 17.9 Å². The zero-order chi connectivity index (χ0) is 18.6. The second kappa shape index (κ2) is 8.16. The predicted octanol–water partition coefficient (Wildman–Crippen LogP) is 3.44. The molecule has 1 N–H and O–H groups in total. The van der Waals surface area contributed by atoms with E-state index in [1.165, 1.54) is 0 Å². The van der Waals surface area contributed by atoms with Gasteiger partial charge in [-0.25, -0.2) is 9.78 Å². The van der Waals surface area contributed by atoms with Crippen molar-refractivity contribution in [3.8, 4) is 0 Å². The molecule has 0 spiro atoms. The summed E-state index contributed by atoms with van der Waals surface area (Å²) in [5, 5.41) is 3.00. The summed E-state index contributed by atoms with van der Waals surface area (Å²) in [5.74, 6) is -0.137. The number of nitrogens with one attached hydrogen (secondary N) is 1. The molecule has 0 radical (unpaired) electrons. The molecule has 2 aromatic rings. The first kappa shape index (κ1) is 19.0. The number of amides is 1. The molecule has 0 saturated heterocycles. The zero-order valence-corrected chi connectivity index (χ0v) is 15.4. The van der Waals surface area contributed by atoms with Gasteiger partial charge in [-0.2, -0.15) is 0 Å². The van der Waals surface area contributed by atoms with Crippen molar-refractivity contribution in [1.82, 2.24) is 10.3 Å². The Morgan fingerprint density at radius 1 is 1.28 bits per heavy atom. The lowest BCUT2D eigenvalue weighted by molar-refractivity contribution is -0.149. The number of carbonyl (C=O) groups is 2. The molecule has 1 amide bonds. The number of halogens is 1. The van der Waals surface area contributed by atoms with E-state index in [1.54, 1.807) is 31.2 Å². The van der Waals surface area contributed by atoms with Gasteiger partial charge in [0.2, 0.25) is 5.89 Å². The molecule has 134 valence electrons. The summed E-state index contributed by atoms with van der Waals surface area (Å²) < 4.78 is 10.6. The number of oxazole rings is 1. The molecule has 1 atom stereocenters. The number of ether oxygens (including phenoxy) is 1. The zero-order valence-electron chi connectivity index (χ0n) is 14.6. The largest absolute Gasteiger partial charge is 0.454 e. The van der Waals surface area contributed by atoms with E-state index in [-0.39, 0.29) is 12.5 Å². The Hall–Kier alpha value is -2.34. The minimum absolute atomic E-state index is 0.0846. The number of aromatic nitrogens is 1. The first-order valence-electron chi connectivity index (χ1n) is 7.94. The van der Waals surface area contributed by atoms with Crippen LogP contribution in [0.3, 0.4) is 0 Å². The Morgan fingerprint density at radius 2 is 1.96 bits per heavy atom. The topological polar surface area (TPSA) is 81.4 Å². The number of benzene rings is 1. The summed E-state index contributed by atoms with van der Waals surface area (Å²) in [7, 11) is 0. The minimum atomic E-state index is -0.805. The van der Waals surface area contributed by atoms with Crippen molar-refractivity contribution in [3.05, 3.63) is 52.2 Å². The van der Waals surface area contributed by atoms with Gasteiger partial charge in [0.15, 0.2) is 6.61 Å². The summed E-state index contributed by atoms with van der Waals surface area (Å²) in [6.45, 7) is 7.15. The van der Waals surface area contributed by atoms with Crippen LogP contribution < -0.4 is 5.32 Å². The first-order chi connectivity index (χ1) is 11.8. The van der Waals surface area contributed by atoms with Crippen LogP contribution in [0.15, 0.2) is 28.7 Å². The molecule has 1 heterocycles. The maximum Gasteiger partial charge on any atom is 0.329 e. The van der Waals surface area contributed by atoms with E-state index in [1.807, 2.05) is 20.8 Å². The van der Waals surface area contributed by atoms with Crippen LogP contribution >= 0.6 is 11.6 Å². The third kappa shape index (κ3) is 4.82. The Bertz CT molecular complexity index is 751. The number of aryl methyl sites for hydroxylation is 2. The minimum Gasteiger partial charge on any atom is -0.454 e. The highest BCUT2D eigenvalue weighted by molar-refractivity contribution is 6.33. The first-order valence-corrected chi connectivity index (χ1v) is 8.32. The van der Waals surface area contributed by atoms with Crippen molar-refractivity contribution in [1.29, 1.82) is 0 Å². The Kier molecular flexibility index (Phi) is 6.20. The number of hydrogen-bond acceptors (Lipinski definition) is 5. The molecule has 0 unspecified atom stereocenters. The van der Waals surface area contributed by atoms with E-state index in [0.717, 1.165) is 5.69 Å².